The molecule has 4 nitrogen and oxygen atoms in total. The van der Waals surface area contributed by atoms with Crippen LogP contribution in [0.15, 0.2) is 42.5 Å². The van der Waals surface area contributed by atoms with Gasteiger partial charge in [0.2, 0.25) is 0 Å². The molecule has 6 heteroatoms. The third-order valence-electron chi connectivity index (χ3n) is 4.85. The molecule has 1 aliphatic rings. The number of carboxylic acid groups (broad SMARTS) is 1. The Morgan fingerprint density at radius 1 is 1.19 bits per heavy atom. The summed E-state index contributed by atoms with van der Waals surface area (Å²) in [6.07, 6.45) is 2.47. The number of ether oxygens (including phenoxy) is 1. The summed E-state index contributed by atoms with van der Waals surface area (Å²) >= 11 is 12.6. The lowest BCUT2D eigenvalue weighted by molar-refractivity contribution is -0.145. The standard InChI is InChI=1S/C20H21Cl2NO3/c1-26-18-8-3-2-6-15(18)19(14-10-9-13(21)12-16(14)22)23-11-5-4-7-17(23)20(24)25/h2-3,6,8-10,12,17,19H,4-5,7,11H2,1H3,(H,24,25). The van der Waals surface area contributed by atoms with Gasteiger partial charge in [-0.3, -0.25) is 9.69 Å². The third-order valence-corrected chi connectivity index (χ3v) is 5.41. The van der Waals surface area contributed by atoms with E-state index in [4.69, 9.17) is 27.9 Å². The Kier molecular flexibility index (Phi) is 6.07. The van der Waals surface area contributed by atoms with Crippen LogP contribution in [-0.2, 0) is 4.79 Å². The Labute approximate surface area is 163 Å². The topological polar surface area (TPSA) is 49.8 Å². The quantitative estimate of drug-likeness (QED) is 0.773. The fourth-order valence-electron chi connectivity index (χ4n) is 3.67. The number of nitrogens with zero attached hydrogens (tertiary/aromatic N) is 1. The minimum Gasteiger partial charge on any atom is -0.496 e. The minimum atomic E-state index is -0.810. The van der Waals surface area contributed by atoms with Crippen molar-refractivity contribution in [2.24, 2.45) is 0 Å². The van der Waals surface area contributed by atoms with Crippen LogP contribution in [0, 0.1) is 0 Å². The molecular formula is C20H21Cl2NO3. The third kappa shape index (κ3) is 3.83. The van der Waals surface area contributed by atoms with Gasteiger partial charge >= 0.3 is 5.97 Å². The molecule has 2 unspecified atom stereocenters. The van der Waals surface area contributed by atoms with Gasteiger partial charge in [0.15, 0.2) is 0 Å². The first kappa shape index (κ1) is 19.0. The zero-order chi connectivity index (χ0) is 18.7. The van der Waals surface area contributed by atoms with E-state index < -0.39 is 12.0 Å². The van der Waals surface area contributed by atoms with E-state index in [0.29, 0.717) is 28.8 Å². The Balaban J connectivity index is 2.17. The van der Waals surface area contributed by atoms with Gasteiger partial charge in [-0.15, -0.1) is 0 Å². The molecule has 0 amide bonds. The molecule has 0 spiro atoms. The number of methoxy groups -OCH3 is 1. The monoisotopic (exact) mass is 393 g/mol. The molecule has 26 heavy (non-hydrogen) atoms. The maximum atomic E-state index is 11.9. The molecule has 138 valence electrons. The van der Waals surface area contributed by atoms with E-state index in [1.165, 1.54) is 0 Å². The first-order chi connectivity index (χ1) is 12.5. The minimum absolute atomic E-state index is 0.322. The van der Waals surface area contributed by atoms with Gasteiger partial charge in [0.25, 0.3) is 0 Å². The van der Waals surface area contributed by atoms with Crippen molar-refractivity contribution in [1.29, 1.82) is 0 Å². The summed E-state index contributed by atoms with van der Waals surface area (Å²) in [7, 11) is 1.62. The molecule has 0 aromatic heterocycles. The van der Waals surface area contributed by atoms with Crippen molar-refractivity contribution in [3.63, 3.8) is 0 Å². The normalized spacial score (nSPS) is 19.1. The Morgan fingerprint density at radius 3 is 2.65 bits per heavy atom. The Hall–Kier alpha value is -1.75. The van der Waals surface area contributed by atoms with Crippen molar-refractivity contribution in [3.8, 4) is 5.75 Å². The Morgan fingerprint density at radius 2 is 1.96 bits per heavy atom. The lowest BCUT2D eigenvalue weighted by Gasteiger charge is -2.40. The highest BCUT2D eigenvalue weighted by Gasteiger charge is 2.37. The second kappa shape index (κ2) is 8.30. The smallest absolute Gasteiger partial charge is 0.320 e. The van der Waals surface area contributed by atoms with Crippen molar-refractivity contribution < 1.29 is 14.6 Å². The van der Waals surface area contributed by atoms with Gasteiger partial charge in [-0.1, -0.05) is 53.9 Å². The number of likely N-dealkylation sites (tertiary alicyclic amines) is 1. The van der Waals surface area contributed by atoms with Gasteiger partial charge in [-0.25, -0.2) is 0 Å². The maximum absolute atomic E-state index is 11.9. The van der Waals surface area contributed by atoms with Gasteiger partial charge in [-0.05, 0) is 43.1 Å². The molecule has 0 aliphatic carbocycles. The van der Waals surface area contributed by atoms with Crippen LogP contribution in [0.1, 0.15) is 36.4 Å². The number of hydrogen-bond acceptors (Lipinski definition) is 3. The van der Waals surface area contributed by atoms with Crippen molar-refractivity contribution in [2.75, 3.05) is 13.7 Å². The maximum Gasteiger partial charge on any atom is 0.320 e. The van der Waals surface area contributed by atoms with E-state index in [2.05, 4.69) is 0 Å². The summed E-state index contributed by atoms with van der Waals surface area (Å²) in [5.74, 6) is -0.104. The largest absolute Gasteiger partial charge is 0.496 e. The highest BCUT2D eigenvalue weighted by Crippen LogP contribution is 2.41. The van der Waals surface area contributed by atoms with Gasteiger partial charge in [0.05, 0.1) is 13.2 Å². The number of para-hydroxylation sites is 1. The van der Waals surface area contributed by atoms with Crippen LogP contribution in [0.25, 0.3) is 0 Å². The van der Waals surface area contributed by atoms with Gasteiger partial charge in [0.1, 0.15) is 11.8 Å². The lowest BCUT2D eigenvalue weighted by Crippen LogP contribution is -2.47. The van der Waals surface area contributed by atoms with E-state index in [-0.39, 0.29) is 6.04 Å². The second-order valence-electron chi connectivity index (χ2n) is 6.40. The highest BCUT2D eigenvalue weighted by atomic mass is 35.5. The molecule has 1 heterocycles. The van der Waals surface area contributed by atoms with Crippen molar-refractivity contribution in [2.45, 2.75) is 31.3 Å². The summed E-state index contributed by atoms with van der Waals surface area (Å²) in [6, 6.07) is 12.1. The van der Waals surface area contributed by atoms with Crippen LogP contribution >= 0.6 is 23.2 Å². The van der Waals surface area contributed by atoms with Crippen LogP contribution in [0.4, 0.5) is 0 Å². The summed E-state index contributed by atoms with van der Waals surface area (Å²) < 4.78 is 5.55. The van der Waals surface area contributed by atoms with Gasteiger partial charge < -0.3 is 9.84 Å². The summed E-state index contributed by atoms with van der Waals surface area (Å²) in [4.78, 5) is 13.9. The van der Waals surface area contributed by atoms with Crippen molar-refractivity contribution in [1.82, 2.24) is 4.90 Å². The second-order valence-corrected chi connectivity index (χ2v) is 7.24. The van der Waals surface area contributed by atoms with E-state index in [1.807, 2.05) is 35.2 Å². The predicted octanol–water partition coefficient (Wildman–Crippen LogP) is 5.03. The van der Waals surface area contributed by atoms with Crippen molar-refractivity contribution in [3.05, 3.63) is 63.6 Å². The molecule has 2 aromatic rings. The Bertz CT molecular complexity index is 796. The number of carboxylic acids is 1. The zero-order valence-corrected chi connectivity index (χ0v) is 16.0. The predicted molar refractivity (Wildman–Crippen MR) is 103 cm³/mol. The average Bonchev–Trinajstić information content (AvgIpc) is 2.64. The molecule has 1 saturated heterocycles. The molecule has 2 atom stereocenters. The first-order valence-corrected chi connectivity index (χ1v) is 9.35. The van der Waals surface area contributed by atoms with Crippen LogP contribution in [0.3, 0.4) is 0 Å². The molecule has 0 bridgehead atoms. The molecule has 0 radical (unpaired) electrons. The van der Waals surface area contributed by atoms with Crippen LogP contribution in [0.5, 0.6) is 5.75 Å². The number of piperidine rings is 1. The molecule has 1 aliphatic heterocycles. The number of halogens is 2. The van der Waals surface area contributed by atoms with Crippen LogP contribution in [0.2, 0.25) is 10.0 Å². The molecule has 1 fully saturated rings. The first-order valence-electron chi connectivity index (χ1n) is 8.59. The highest BCUT2D eigenvalue weighted by molar-refractivity contribution is 6.35. The lowest BCUT2D eigenvalue weighted by atomic mass is 9.91. The average molecular weight is 394 g/mol. The molecule has 3 rings (SSSR count). The molecule has 0 saturated carbocycles. The van der Waals surface area contributed by atoms with E-state index in [0.717, 1.165) is 24.0 Å². The number of carbonyl (C=O) groups is 1. The summed E-state index contributed by atoms with van der Waals surface area (Å²) in [5, 5.41) is 10.8. The molecule has 2 aromatic carbocycles. The number of aliphatic carboxylic acids is 1. The van der Waals surface area contributed by atoms with E-state index in [9.17, 15) is 9.90 Å². The fraction of sp³-hybridized carbons (Fsp3) is 0.350. The van der Waals surface area contributed by atoms with E-state index in [1.54, 1.807) is 19.2 Å². The van der Waals surface area contributed by atoms with Crippen molar-refractivity contribution >= 4 is 29.2 Å². The van der Waals surface area contributed by atoms with Crippen LogP contribution in [-0.4, -0.2) is 35.7 Å². The molecular weight excluding hydrogens is 373 g/mol. The SMILES string of the molecule is COc1ccccc1C(c1ccc(Cl)cc1Cl)N1CCCCC1C(=O)O. The van der Waals surface area contributed by atoms with Gasteiger partial charge in [-0.2, -0.15) is 0 Å². The van der Waals surface area contributed by atoms with Gasteiger partial charge in [0, 0.05) is 15.6 Å². The number of hydrogen-bond donors (Lipinski definition) is 1. The summed E-state index contributed by atoms with van der Waals surface area (Å²) in [5.41, 5.74) is 1.72. The summed E-state index contributed by atoms with van der Waals surface area (Å²) in [6.45, 7) is 0.679. The van der Waals surface area contributed by atoms with E-state index >= 15 is 0 Å². The number of rotatable bonds is 5. The molecule has 1 N–H and O–H groups in total. The van der Waals surface area contributed by atoms with Crippen LogP contribution < -0.4 is 4.74 Å². The fourth-order valence-corrected chi connectivity index (χ4v) is 4.18. The zero-order valence-electron chi connectivity index (χ0n) is 14.5. The number of benzene rings is 2.